The number of nitro groups is 1. The summed E-state index contributed by atoms with van der Waals surface area (Å²) in [5, 5.41) is 21.6. The van der Waals surface area contributed by atoms with Crippen LogP contribution in [0.2, 0.25) is 0 Å². The predicted octanol–water partition coefficient (Wildman–Crippen LogP) is -0.267. The normalized spacial score (nSPS) is 10.0. The molecule has 0 spiro atoms. The number of hydrogen-bond donors (Lipinski definition) is 2. The van der Waals surface area contributed by atoms with Gasteiger partial charge in [0.2, 0.25) is 5.82 Å². The minimum atomic E-state index is -0.521. The molecule has 0 radical (unpaired) electrons. The van der Waals surface area contributed by atoms with E-state index in [0.29, 0.717) is 0 Å². The molecule has 0 atom stereocenters. The van der Waals surface area contributed by atoms with Crippen LogP contribution in [0.3, 0.4) is 0 Å². The molecule has 0 bridgehead atoms. The lowest BCUT2D eigenvalue weighted by Gasteiger charge is -2.00. The summed E-state index contributed by atoms with van der Waals surface area (Å²) in [5.74, 6) is 0.0787. The summed E-state index contributed by atoms with van der Waals surface area (Å²) < 4.78 is 1.31. The van der Waals surface area contributed by atoms with Gasteiger partial charge in [-0.15, -0.1) is 0 Å². The van der Waals surface area contributed by atoms with Gasteiger partial charge in [-0.25, -0.2) is 4.57 Å². The van der Waals surface area contributed by atoms with Gasteiger partial charge in [0.05, 0.1) is 13.7 Å². The fourth-order valence-corrected chi connectivity index (χ4v) is 0.938. The maximum absolute atomic E-state index is 10.5. The Kier molecular flexibility index (Phi) is 2.80. The summed E-state index contributed by atoms with van der Waals surface area (Å²) in [6.45, 7) is 0.158. The zero-order valence-electron chi connectivity index (χ0n) is 7.10. The third kappa shape index (κ3) is 1.94. The smallest absolute Gasteiger partial charge is 0.366 e. The number of rotatable bonds is 4. The maximum atomic E-state index is 10.5. The molecular weight excluding hydrogens is 176 g/mol. The zero-order chi connectivity index (χ0) is 9.84. The largest absolute Gasteiger partial charge is 0.395 e. The first-order valence-corrected chi connectivity index (χ1v) is 3.67. The predicted molar refractivity (Wildman–Crippen MR) is 45.4 cm³/mol. The van der Waals surface area contributed by atoms with E-state index in [2.05, 4.69) is 10.3 Å². The molecule has 0 saturated heterocycles. The average Bonchev–Trinajstić information content (AvgIpc) is 2.43. The molecule has 1 aromatic rings. The molecule has 7 heteroatoms. The second-order valence-corrected chi connectivity index (χ2v) is 2.44. The van der Waals surface area contributed by atoms with Crippen LogP contribution in [0.25, 0.3) is 0 Å². The van der Waals surface area contributed by atoms with Gasteiger partial charge >= 0.3 is 5.82 Å². The van der Waals surface area contributed by atoms with Crippen molar-refractivity contribution in [2.45, 2.75) is 0 Å². The van der Waals surface area contributed by atoms with Gasteiger partial charge in [-0.1, -0.05) is 0 Å². The van der Waals surface area contributed by atoms with Gasteiger partial charge in [-0.2, -0.15) is 4.98 Å². The Morgan fingerprint density at radius 1 is 1.85 bits per heavy atom. The van der Waals surface area contributed by atoms with E-state index in [1.54, 1.807) is 0 Å². The van der Waals surface area contributed by atoms with Gasteiger partial charge in [-0.05, 0) is 4.92 Å². The summed E-state index contributed by atoms with van der Waals surface area (Å²) >= 11 is 0. The topological polar surface area (TPSA) is 93.2 Å². The molecule has 0 aliphatic heterocycles. The summed E-state index contributed by atoms with van der Waals surface area (Å²) in [7, 11) is 1.54. The van der Waals surface area contributed by atoms with E-state index in [0.717, 1.165) is 0 Å². The molecule has 0 saturated carbocycles. The third-order valence-electron chi connectivity index (χ3n) is 1.48. The molecule has 0 fully saturated rings. The Hall–Kier alpha value is -1.63. The van der Waals surface area contributed by atoms with Crippen LogP contribution in [0.1, 0.15) is 0 Å². The number of nitrogens with zero attached hydrogens (tertiary/aromatic N) is 3. The Bertz CT molecular complexity index is 309. The number of aromatic nitrogens is 2. The lowest BCUT2D eigenvalue weighted by Crippen LogP contribution is -2.08. The van der Waals surface area contributed by atoms with Crippen molar-refractivity contribution in [3.63, 3.8) is 0 Å². The molecule has 1 heterocycles. The van der Waals surface area contributed by atoms with E-state index in [-0.39, 0.29) is 24.8 Å². The van der Waals surface area contributed by atoms with Crippen LogP contribution in [0.5, 0.6) is 0 Å². The van der Waals surface area contributed by atoms with E-state index in [4.69, 9.17) is 5.11 Å². The summed E-state index contributed by atoms with van der Waals surface area (Å²) in [4.78, 5) is 13.8. The van der Waals surface area contributed by atoms with E-state index in [1.165, 1.54) is 17.9 Å². The van der Waals surface area contributed by atoms with Crippen molar-refractivity contribution in [2.75, 3.05) is 18.5 Å². The van der Waals surface area contributed by atoms with E-state index in [9.17, 15) is 10.1 Å². The minimum Gasteiger partial charge on any atom is -0.395 e. The third-order valence-corrected chi connectivity index (χ3v) is 1.48. The van der Waals surface area contributed by atoms with Gasteiger partial charge in [0.25, 0.3) is 0 Å². The lowest BCUT2D eigenvalue weighted by molar-refractivity contribution is -0.390. The monoisotopic (exact) mass is 186 g/mol. The number of nitrogens with one attached hydrogen (secondary N) is 1. The number of aryl methyl sites for hydroxylation is 1. The van der Waals surface area contributed by atoms with Crippen molar-refractivity contribution in [1.29, 1.82) is 0 Å². The SMILES string of the molecule is Cn1cnc(NCCO)c1[N+](=O)[O-]. The minimum absolute atomic E-state index is 0.0896. The van der Waals surface area contributed by atoms with Crippen LogP contribution in [0.4, 0.5) is 11.6 Å². The van der Waals surface area contributed by atoms with Crippen LogP contribution < -0.4 is 5.32 Å². The Balaban J connectivity index is 2.87. The second-order valence-electron chi connectivity index (χ2n) is 2.44. The number of anilines is 1. The summed E-state index contributed by atoms with van der Waals surface area (Å²) in [5.41, 5.74) is 0. The Morgan fingerprint density at radius 2 is 2.54 bits per heavy atom. The number of aliphatic hydroxyl groups excluding tert-OH is 1. The highest BCUT2D eigenvalue weighted by molar-refractivity contribution is 5.51. The molecule has 13 heavy (non-hydrogen) atoms. The Morgan fingerprint density at radius 3 is 3.08 bits per heavy atom. The molecule has 0 aliphatic carbocycles. The van der Waals surface area contributed by atoms with E-state index >= 15 is 0 Å². The molecule has 2 N–H and O–H groups in total. The van der Waals surface area contributed by atoms with Crippen LogP contribution in [-0.2, 0) is 7.05 Å². The molecule has 0 unspecified atom stereocenters. The van der Waals surface area contributed by atoms with E-state index in [1.807, 2.05) is 0 Å². The number of hydrogen-bond acceptors (Lipinski definition) is 5. The quantitative estimate of drug-likeness (QED) is 0.498. The van der Waals surface area contributed by atoms with E-state index < -0.39 is 4.92 Å². The van der Waals surface area contributed by atoms with Gasteiger partial charge in [0.15, 0.2) is 6.33 Å². The summed E-state index contributed by atoms with van der Waals surface area (Å²) in [6.07, 6.45) is 1.35. The van der Waals surface area contributed by atoms with Crippen molar-refractivity contribution >= 4 is 11.6 Å². The van der Waals surface area contributed by atoms with Crippen LogP contribution >= 0.6 is 0 Å². The molecule has 0 amide bonds. The molecular formula is C6H10N4O3. The van der Waals surface area contributed by atoms with Gasteiger partial charge in [0, 0.05) is 6.54 Å². The number of imidazole rings is 1. The molecule has 7 nitrogen and oxygen atoms in total. The highest BCUT2D eigenvalue weighted by Gasteiger charge is 2.18. The van der Waals surface area contributed by atoms with Gasteiger partial charge in [0.1, 0.15) is 0 Å². The molecule has 0 aliphatic rings. The standard InChI is InChI=1S/C6H10N4O3/c1-9-4-8-5(7-2-3-11)6(9)10(12)13/h4,7,11H,2-3H2,1H3. The maximum Gasteiger partial charge on any atom is 0.366 e. The van der Waals surface area contributed by atoms with Crippen molar-refractivity contribution < 1.29 is 10.0 Å². The highest BCUT2D eigenvalue weighted by atomic mass is 16.6. The van der Waals surface area contributed by atoms with Gasteiger partial charge < -0.3 is 20.5 Å². The van der Waals surface area contributed by atoms with Crippen LogP contribution in [0.15, 0.2) is 6.33 Å². The number of aliphatic hydroxyl groups is 1. The fraction of sp³-hybridized carbons (Fsp3) is 0.500. The van der Waals surface area contributed by atoms with Crippen LogP contribution in [0, 0.1) is 10.1 Å². The van der Waals surface area contributed by atoms with Crippen LogP contribution in [-0.4, -0.2) is 32.7 Å². The first-order valence-electron chi connectivity index (χ1n) is 3.67. The van der Waals surface area contributed by atoms with Crippen molar-refractivity contribution in [1.82, 2.24) is 9.55 Å². The Labute approximate surface area is 74.2 Å². The van der Waals surface area contributed by atoms with Crippen molar-refractivity contribution in [3.8, 4) is 0 Å². The second kappa shape index (κ2) is 3.85. The fourth-order valence-electron chi connectivity index (χ4n) is 0.938. The summed E-state index contributed by atoms with van der Waals surface area (Å²) in [6, 6.07) is 0. The van der Waals surface area contributed by atoms with Gasteiger partial charge in [-0.3, -0.25) is 0 Å². The molecule has 1 rings (SSSR count). The van der Waals surface area contributed by atoms with Crippen molar-refractivity contribution in [2.24, 2.45) is 7.05 Å². The first-order chi connectivity index (χ1) is 6.16. The lowest BCUT2D eigenvalue weighted by atomic mass is 10.6. The molecule has 0 aromatic carbocycles. The average molecular weight is 186 g/mol. The molecule has 1 aromatic heterocycles. The zero-order valence-corrected chi connectivity index (χ0v) is 7.10. The highest BCUT2D eigenvalue weighted by Crippen LogP contribution is 2.20. The van der Waals surface area contributed by atoms with Crippen molar-refractivity contribution in [3.05, 3.63) is 16.4 Å². The molecule has 72 valence electrons. The first kappa shape index (κ1) is 9.46.